The third kappa shape index (κ3) is 0.954. The van der Waals surface area contributed by atoms with Crippen LogP contribution in [0.1, 0.15) is 5.56 Å². The Balaban J connectivity index is 2.24. The molecule has 3 rings (SSSR count). The number of carbonyl (C=O) groups excluding carboxylic acids is 1. The Morgan fingerprint density at radius 2 is 2.29 bits per heavy atom. The number of anilines is 1. The number of para-hydroxylation sites is 1. The van der Waals surface area contributed by atoms with Crippen LogP contribution in [0.5, 0.6) is 5.75 Å². The molecule has 0 fully saturated rings. The van der Waals surface area contributed by atoms with Crippen LogP contribution in [-0.2, 0) is 4.79 Å². The fraction of sp³-hybridized carbons (Fsp3) is 0.182. The molecular weight excluding hydrogens is 178 g/mol. The van der Waals surface area contributed by atoms with Crippen molar-refractivity contribution in [2.75, 3.05) is 18.0 Å². The van der Waals surface area contributed by atoms with Crippen LogP contribution in [0.4, 0.5) is 5.69 Å². The third-order valence-corrected chi connectivity index (χ3v) is 2.51. The SMILES string of the molecule is O=C1CN2CC=Cc3cccc(c32)O1. The van der Waals surface area contributed by atoms with E-state index < -0.39 is 0 Å². The van der Waals surface area contributed by atoms with E-state index in [0.717, 1.165) is 17.8 Å². The first-order valence-corrected chi connectivity index (χ1v) is 4.60. The standard InChI is InChI=1S/C11H9NO2/c13-10-7-12-6-2-4-8-3-1-5-9(14-10)11(8)12/h1-5H,6-7H2. The summed E-state index contributed by atoms with van der Waals surface area (Å²) < 4.78 is 5.16. The average Bonchev–Trinajstić information content (AvgIpc) is 2.18. The van der Waals surface area contributed by atoms with Crippen LogP contribution in [0.15, 0.2) is 24.3 Å². The molecule has 0 N–H and O–H groups in total. The van der Waals surface area contributed by atoms with Crippen molar-refractivity contribution in [2.45, 2.75) is 0 Å². The quantitative estimate of drug-likeness (QED) is 0.454. The normalized spacial score (nSPS) is 17.7. The number of hydrogen-bond donors (Lipinski definition) is 0. The number of hydrogen-bond acceptors (Lipinski definition) is 3. The minimum atomic E-state index is -0.176. The Bertz CT molecular complexity index is 437. The van der Waals surface area contributed by atoms with Crippen molar-refractivity contribution in [1.82, 2.24) is 0 Å². The Hall–Kier alpha value is -1.77. The molecule has 0 spiro atoms. The van der Waals surface area contributed by atoms with E-state index in [2.05, 4.69) is 12.2 Å². The van der Waals surface area contributed by atoms with Crippen LogP contribution in [0.3, 0.4) is 0 Å². The van der Waals surface area contributed by atoms with Gasteiger partial charge in [0.15, 0.2) is 5.75 Å². The van der Waals surface area contributed by atoms with E-state index in [1.807, 2.05) is 23.1 Å². The topological polar surface area (TPSA) is 29.5 Å². The van der Waals surface area contributed by atoms with Crippen LogP contribution in [0.25, 0.3) is 6.08 Å². The van der Waals surface area contributed by atoms with Gasteiger partial charge in [0.05, 0.1) is 5.69 Å². The van der Waals surface area contributed by atoms with Gasteiger partial charge in [0.25, 0.3) is 0 Å². The highest BCUT2D eigenvalue weighted by Crippen LogP contribution is 2.37. The third-order valence-electron chi connectivity index (χ3n) is 2.51. The van der Waals surface area contributed by atoms with Crippen LogP contribution < -0.4 is 9.64 Å². The molecule has 1 aromatic carbocycles. The van der Waals surface area contributed by atoms with Crippen LogP contribution in [0, 0.1) is 0 Å². The number of nitrogens with zero attached hydrogens (tertiary/aromatic N) is 1. The van der Waals surface area contributed by atoms with E-state index in [0.29, 0.717) is 12.3 Å². The number of ether oxygens (including phenoxy) is 1. The van der Waals surface area contributed by atoms with Crippen LogP contribution in [-0.4, -0.2) is 19.1 Å². The second-order valence-electron chi connectivity index (χ2n) is 3.45. The van der Waals surface area contributed by atoms with Crippen molar-refractivity contribution in [3.05, 3.63) is 29.8 Å². The molecular formula is C11H9NO2. The maximum absolute atomic E-state index is 11.2. The van der Waals surface area contributed by atoms with E-state index >= 15 is 0 Å². The predicted octanol–water partition coefficient (Wildman–Crippen LogP) is 1.44. The van der Waals surface area contributed by atoms with E-state index in [-0.39, 0.29) is 5.97 Å². The minimum absolute atomic E-state index is 0.176. The van der Waals surface area contributed by atoms with E-state index in [9.17, 15) is 4.79 Å². The Morgan fingerprint density at radius 1 is 1.36 bits per heavy atom. The Kier molecular flexibility index (Phi) is 1.42. The molecule has 0 radical (unpaired) electrons. The first-order valence-electron chi connectivity index (χ1n) is 4.60. The summed E-state index contributed by atoms with van der Waals surface area (Å²) in [6, 6.07) is 5.77. The van der Waals surface area contributed by atoms with Gasteiger partial charge in [-0.25, -0.2) is 4.79 Å². The molecule has 0 amide bonds. The molecule has 0 aromatic heterocycles. The van der Waals surface area contributed by atoms with Crippen LogP contribution >= 0.6 is 0 Å². The summed E-state index contributed by atoms with van der Waals surface area (Å²) in [5.74, 6) is 0.507. The lowest BCUT2D eigenvalue weighted by Crippen LogP contribution is -2.38. The predicted molar refractivity (Wildman–Crippen MR) is 53.3 cm³/mol. The second kappa shape index (κ2) is 2.61. The maximum atomic E-state index is 11.2. The van der Waals surface area contributed by atoms with Gasteiger partial charge >= 0.3 is 5.97 Å². The molecule has 0 saturated carbocycles. The highest BCUT2D eigenvalue weighted by Gasteiger charge is 2.26. The zero-order chi connectivity index (χ0) is 9.54. The molecule has 2 aliphatic heterocycles. The molecule has 0 unspecified atom stereocenters. The van der Waals surface area contributed by atoms with E-state index in [1.165, 1.54) is 0 Å². The lowest BCUT2D eigenvalue weighted by molar-refractivity contribution is -0.133. The molecule has 1 aromatic rings. The van der Waals surface area contributed by atoms with Crippen molar-refractivity contribution in [3.63, 3.8) is 0 Å². The fourth-order valence-corrected chi connectivity index (χ4v) is 1.95. The van der Waals surface area contributed by atoms with Gasteiger partial charge in [0.1, 0.15) is 6.54 Å². The highest BCUT2D eigenvalue weighted by atomic mass is 16.5. The van der Waals surface area contributed by atoms with Crippen molar-refractivity contribution >= 4 is 17.7 Å². The molecule has 0 bridgehead atoms. The number of esters is 1. The smallest absolute Gasteiger partial charge is 0.331 e. The van der Waals surface area contributed by atoms with Gasteiger partial charge in [-0.2, -0.15) is 0 Å². The van der Waals surface area contributed by atoms with Gasteiger partial charge in [0.2, 0.25) is 0 Å². The summed E-state index contributed by atoms with van der Waals surface area (Å²) in [4.78, 5) is 13.3. The maximum Gasteiger partial charge on any atom is 0.331 e. The summed E-state index contributed by atoms with van der Waals surface area (Å²) in [6.07, 6.45) is 4.12. The zero-order valence-corrected chi connectivity index (χ0v) is 7.56. The zero-order valence-electron chi connectivity index (χ0n) is 7.56. The van der Waals surface area contributed by atoms with Gasteiger partial charge in [0, 0.05) is 12.1 Å². The Morgan fingerprint density at radius 3 is 3.21 bits per heavy atom. The summed E-state index contributed by atoms with van der Waals surface area (Å²) in [7, 11) is 0. The van der Waals surface area contributed by atoms with Crippen molar-refractivity contribution < 1.29 is 9.53 Å². The first kappa shape index (κ1) is 7.62. The van der Waals surface area contributed by atoms with Gasteiger partial charge in [-0.1, -0.05) is 24.3 Å². The average molecular weight is 187 g/mol. The first-order chi connectivity index (χ1) is 6.84. The number of carbonyl (C=O) groups is 1. The lowest BCUT2D eigenvalue weighted by atomic mass is 10.1. The fourth-order valence-electron chi connectivity index (χ4n) is 1.95. The van der Waals surface area contributed by atoms with Crippen molar-refractivity contribution in [3.8, 4) is 5.75 Å². The molecule has 0 saturated heterocycles. The summed E-state index contributed by atoms with van der Waals surface area (Å²) in [5.41, 5.74) is 2.18. The number of rotatable bonds is 0. The van der Waals surface area contributed by atoms with Gasteiger partial charge in [-0.15, -0.1) is 0 Å². The molecule has 3 nitrogen and oxygen atoms in total. The highest BCUT2D eigenvalue weighted by molar-refractivity contribution is 5.89. The van der Waals surface area contributed by atoms with Crippen molar-refractivity contribution in [2.24, 2.45) is 0 Å². The van der Waals surface area contributed by atoms with E-state index in [4.69, 9.17) is 4.74 Å². The molecule has 2 aliphatic rings. The van der Waals surface area contributed by atoms with Gasteiger partial charge in [-0.05, 0) is 6.07 Å². The molecule has 0 atom stereocenters. The summed E-state index contributed by atoms with van der Waals surface area (Å²) >= 11 is 0. The monoisotopic (exact) mass is 187 g/mol. The summed E-state index contributed by atoms with van der Waals surface area (Å²) in [5, 5.41) is 0. The van der Waals surface area contributed by atoms with Gasteiger partial charge < -0.3 is 9.64 Å². The van der Waals surface area contributed by atoms with Gasteiger partial charge in [-0.3, -0.25) is 0 Å². The molecule has 0 aliphatic carbocycles. The molecule has 14 heavy (non-hydrogen) atoms. The molecule has 2 heterocycles. The lowest BCUT2D eigenvalue weighted by Gasteiger charge is -2.32. The summed E-state index contributed by atoms with van der Waals surface area (Å²) in [6.45, 7) is 1.15. The minimum Gasteiger partial charge on any atom is -0.423 e. The Labute approximate surface area is 81.6 Å². The van der Waals surface area contributed by atoms with Crippen LogP contribution in [0.2, 0.25) is 0 Å². The second-order valence-corrected chi connectivity index (χ2v) is 3.45. The van der Waals surface area contributed by atoms with Crippen molar-refractivity contribution in [1.29, 1.82) is 0 Å². The number of benzene rings is 1. The molecule has 3 heteroatoms. The largest absolute Gasteiger partial charge is 0.423 e. The van der Waals surface area contributed by atoms with E-state index in [1.54, 1.807) is 0 Å². The molecule has 70 valence electrons.